The van der Waals surface area contributed by atoms with Crippen LogP contribution in [0.15, 0.2) is 0 Å². The van der Waals surface area contributed by atoms with Gasteiger partial charge in [0.1, 0.15) is 5.82 Å². The average Bonchev–Trinajstić information content (AvgIpc) is 2.98. The number of carbonyl (C=O) groups is 1. The van der Waals surface area contributed by atoms with Gasteiger partial charge in [-0.2, -0.15) is 5.10 Å². The first-order valence-corrected chi connectivity index (χ1v) is 5.77. The smallest absolute Gasteiger partial charge is 0.223 e. The van der Waals surface area contributed by atoms with E-state index in [4.69, 9.17) is 0 Å². The minimum Gasteiger partial charge on any atom is -0.345 e. The number of aryl methyl sites for hydroxylation is 1. The van der Waals surface area contributed by atoms with Gasteiger partial charge >= 0.3 is 0 Å². The number of hydrogen-bond donors (Lipinski definition) is 2. The maximum Gasteiger partial charge on any atom is 0.223 e. The number of amides is 1. The number of aromatic nitrogens is 3. The summed E-state index contributed by atoms with van der Waals surface area (Å²) in [6.07, 6.45) is 2.04. The number of nitrogens with one attached hydrogen (secondary N) is 2. The van der Waals surface area contributed by atoms with Crippen molar-refractivity contribution in [1.29, 1.82) is 0 Å². The summed E-state index contributed by atoms with van der Waals surface area (Å²) in [7, 11) is 0. The van der Waals surface area contributed by atoms with Gasteiger partial charge in [0.25, 0.3) is 0 Å². The van der Waals surface area contributed by atoms with E-state index in [-0.39, 0.29) is 23.8 Å². The minimum atomic E-state index is -0.0851. The SMILES string of the molecule is Cc1nc(C(NC(=O)C2CC2)C(C)C)n[nH]1. The molecule has 0 saturated heterocycles. The maximum absolute atomic E-state index is 11.7. The van der Waals surface area contributed by atoms with Crippen LogP contribution in [-0.4, -0.2) is 21.1 Å². The Bertz CT molecular complexity index is 381. The van der Waals surface area contributed by atoms with Crippen LogP contribution in [0.4, 0.5) is 0 Å². The fourth-order valence-corrected chi connectivity index (χ4v) is 1.65. The predicted octanol–water partition coefficient (Wildman–Crippen LogP) is 1.34. The summed E-state index contributed by atoms with van der Waals surface area (Å²) in [5.74, 6) is 2.11. The first kappa shape index (κ1) is 11.1. The van der Waals surface area contributed by atoms with Crippen LogP contribution in [0.5, 0.6) is 0 Å². The molecule has 0 spiro atoms. The van der Waals surface area contributed by atoms with Crippen molar-refractivity contribution < 1.29 is 4.79 Å². The fraction of sp³-hybridized carbons (Fsp3) is 0.727. The Labute approximate surface area is 95.0 Å². The third-order valence-electron chi connectivity index (χ3n) is 2.81. The topological polar surface area (TPSA) is 70.7 Å². The molecule has 1 fully saturated rings. The molecule has 88 valence electrons. The zero-order valence-corrected chi connectivity index (χ0v) is 9.95. The lowest BCUT2D eigenvalue weighted by atomic mass is 10.0. The second-order valence-electron chi connectivity index (χ2n) is 4.78. The van der Waals surface area contributed by atoms with Gasteiger partial charge in [-0.25, -0.2) is 4.98 Å². The molecule has 0 aliphatic heterocycles. The Morgan fingerprint density at radius 2 is 2.19 bits per heavy atom. The van der Waals surface area contributed by atoms with Gasteiger partial charge < -0.3 is 5.32 Å². The molecule has 1 heterocycles. The second kappa shape index (κ2) is 4.23. The molecule has 1 unspecified atom stereocenters. The molecule has 1 amide bonds. The molecule has 1 aromatic heterocycles. The third-order valence-corrected chi connectivity index (χ3v) is 2.81. The van der Waals surface area contributed by atoms with Crippen LogP contribution < -0.4 is 5.32 Å². The van der Waals surface area contributed by atoms with Crippen LogP contribution in [0.25, 0.3) is 0 Å². The zero-order chi connectivity index (χ0) is 11.7. The first-order valence-electron chi connectivity index (χ1n) is 5.77. The van der Waals surface area contributed by atoms with Crippen LogP contribution in [-0.2, 0) is 4.79 Å². The monoisotopic (exact) mass is 222 g/mol. The van der Waals surface area contributed by atoms with Crippen LogP contribution in [0.2, 0.25) is 0 Å². The summed E-state index contributed by atoms with van der Waals surface area (Å²) < 4.78 is 0. The van der Waals surface area contributed by atoms with E-state index in [1.54, 1.807) is 0 Å². The molecule has 16 heavy (non-hydrogen) atoms. The molecule has 1 aliphatic rings. The van der Waals surface area contributed by atoms with E-state index in [2.05, 4.69) is 34.3 Å². The summed E-state index contributed by atoms with van der Waals surface area (Å²) in [5.41, 5.74) is 0. The van der Waals surface area contributed by atoms with E-state index in [1.807, 2.05) is 6.92 Å². The Kier molecular flexibility index (Phi) is 2.94. The summed E-state index contributed by atoms with van der Waals surface area (Å²) >= 11 is 0. The Hall–Kier alpha value is -1.39. The standard InChI is InChI=1S/C11H18N4O/c1-6(2)9(10-12-7(3)14-15-10)13-11(16)8-4-5-8/h6,8-9H,4-5H2,1-3H3,(H,13,16)(H,12,14,15). The maximum atomic E-state index is 11.7. The number of nitrogens with zero attached hydrogens (tertiary/aromatic N) is 2. The molecule has 1 aliphatic carbocycles. The summed E-state index contributed by atoms with van der Waals surface area (Å²) in [5, 5.41) is 9.95. The van der Waals surface area contributed by atoms with E-state index in [1.165, 1.54) is 0 Å². The number of carbonyl (C=O) groups excluding carboxylic acids is 1. The molecule has 5 heteroatoms. The summed E-state index contributed by atoms with van der Waals surface area (Å²) in [6.45, 7) is 5.98. The van der Waals surface area contributed by atoms with Crippen molar-refractivity contribution in [3.63, 3.8) is 0 Å². The third kappa shape index (κ3) is 2.40. The molecule has 1 aromatic rings. The molecule has 1 atom stereocenters. The number of aromatic amines is 1. The van der Waals surface area contributed by atoms with Crippen molar-refractivity contribution in [2.24, 2.45) is 11.8 Å². The van der Waals surface area contributed by atoms with Gasteiger partial charge in [-0.15, -0.1) is 0 Å². The highest BCUT2D eigenvalue weighted by atomic mass is 16.2. The van der Waals surface area contributed by atoms with Crippen LogP contribution in [0.1, 0.15) is 44.4 Å². The molecular formula is C11H18N4O. The molecule has 0 bridgehead atoms. The van der Waals surface area contributed by atoms with Gasteiger partial charge in [0.05, 0.1) is 6.04 Å². The van der Waals surface area contributed by atoms with Gasteiger partial charge in [0, 0.05) is 5.92 Å². The normalized spacial score (nSPS) is 17.5. The van der Waals surface area contributed by atoms with E-state index in [0.29, 0.717) is 5.82 Å². The van der Waals surface area contributed by atoms with Gasteiger partial charge in [-0.05, 0) is 25.7 Å². The quantitative estimate of drug-likeness (QED) is 0.807. The van der Waals surface area contributed by atoms with Crippen LogP contribution >= 0.6 is 0 Å². The van der Waals surface area contributed by atoms with Crippen molar-refractivity contribution in [2.45, 2.75) is 39.7 Å². The molecule has 0 aromatic carbocycles. The molecule has 2 rings (SSSR count). The second-order valence-corrected chi connectivity index (χ2v) is 4.78. The lowest BCUT2D eigenvalue weighted by Gasteiger charge is -2.19. The Morgan fingerprint density at radius 3 is 2.62 bits per heavy atom. The molecule has 5 nitrogen and oxygen atoms in total. The van der Waals surface area contributed by atoms with E-state index >= 15 is 0 Å². The zero-order valence-electron chi connectivity index (χ0n) is 9.95. The molecule has 1 saturated carbocycles. The highest BCUT2D eigenvalue weighted by Crippen LogP contribution is 2.30. The van der Waals surface area contributed by atoms with Crippen molar-refractivity contribution >= 4 is 5.91 Å². The van der Waals surface area contributed by atoms with E-state index < -0.39 is 0 Å². The fourth-order valence-electron chi connectivity index (χ4n) is 1.65. The summed E-state index contributed by atoms with van der Waals surface area (Å²) in [6, 6.07) is -0.0851. The van der Waals surface area contributed by atoms with Crippen molar-refractivity contribution in [2.75, 3.05) is 0 Å². The average molecular weight is 222 g/mol. The lowest BCUT2D eigenvalue weighted by molar-refractivity contribution is -0.123. The molecular weight excluding hydrogens is 204 g/mol. The highest BCUT2D eigenvalue weighted by Gasteiger charge is 2.32. The van der Waals surface area contributed by atoms with Gasteiger partial charge in [-0.1, -0.05) is 13.8 Å². The van der Waals surface area contributed by atoms with E-state index in [9.17, 15) is 4.79 Å². The highest BCUT2D eigenvalue weighted by molar-refractivity contribution is 5.81. The van der Waals surface area contributed by atoms with Gasteiger partial charge in [0.15, 0.2) is 5.82 Å². The number of hydrogen-bond acceptors (Lipinski definition) is 3. The number of rotatable bonds is 4. The minimum absolute atomic E-state index is 0.0851. The molecule has 0 radical (unpaired) electrons. The van der Waals surface area contributed by atoms with Crippen LogP contribution in [0, 0.1) is 18.8 Å². The summed E-state index contributed by atoms with van der Waals surface area (Å²) in [4.78, 5) is 16.0. The van der Waals surface area contributed by atoms with Crippen molar-refractivity contribution in [1.82, 2.24) is 20.5 Å². The first-order chi connectivity index (χ1) is 7.58. The largest absolute Gasteiger partial charge is 0.345 e. The Balaban J connectivity index is 2.07. The lowest BCUT2D eigenvalue weighted by Crippen LogP contribution is -2.33. The van der Waals surface area contributed by atoms with Gasteiger partial charge in [0.2, 0.25) is 5.91 Å². The van der Waals surface area contributed by atoms with E-state index in [0.717, 1.165) is 18.7 Å². The van der Waals surface area contributed by atoms with Gasteiger partial charge in [-0.3, -0.25) is 9.89 Å². The predicted molar refractivity (Wildman–Crippen MR) is 59.6 cm³/mol. The van der Waals surface area contributed by atoms with Crippen molar-refractivity contribution in [3.05, 3.63) is 11.6 Å². The molecule has 2 N–H and O–H groups in total. The van der Waals surface area contributed by atoms with Crippen LogP contribution in [0.3, 0.4) is 0 Å². The Morgan fingerprint density at radius 1 is 1.50 bits per heavy atom. The number of H-pyrrole nitrogens is 1. The van der Waals surface area contributed by atoms with Crippen molar-refractivity contribution in [3.8, 4) is 0 Å².